The molecule has 0 amide bonds. The maximum atomic E-state index is 10.4. The Bertz CT molecular complexity index is 967. The molecule has 0 radical (unpaired) electrons. The molecule has 1 aliphatic rings. The Balaban J connectivity index is 1.32. The Morgan fingerprint density at radius 2 is 1.72 bits per heavy atom. The van der Waals surface area contributed by atoms with Crippen LogP contribution in [0, 0.1) is 13.8 Å². The first-order chi connectivity index (χ1) is 14.1. The fraction of sp³-hybridized carbons (Fsp3) is 0.375. The normalized spacial score (nSPS) is 16.2. The first-order valence-electron chi connectivity index (χ1n) is 10.3. The second-order valence-corrected chi connectivity index (χ2v) is 7.82. The highest BCUT2D eigenvalue weighted by Gasteiger charge is 2.21. The summed E-state index contributed by atoms with van der Waals surface area (Å²) in [5.74, 6) is 0.844. The maximum absolute atomic E-state index is 10.4. The van der Waals surface area contributed by atoms with Gasteiger partial charge >= 0.3 is 0 Å². The van der Waals surface area contributed by atoms with Crippen molar-refractivity contribution < 1.29 is 9.84 Å². The predicted octanol–water partition coefficient (Wildman–Crippen LogP) is 3.41. The van der Waals surface area contributed by atoms with Crippen LogP contribution in [0.15, 0.2) is 54.6 Å². The minimum absolute atomic E-state index is 0.319. The molecule has 3 aromatic rings. The van der Waals surface area contributed by atoms with E-state index in [0.29, 0.717) is 13.2 Å². The van der Waals surface area contributed by atoms with Gasteiger partial charge in [-0.2, -0.15) is 0 Å². The Labute approximate surface area is 172 Å². The van der Waals surface area contributed by atoms with Gasteiger partial charge < -0.3 is 14.7 Å². The molecule has 0 saturated carbocycles. The number of aliphatic hydroxyl groups excluding tert-OH is 1. The third-order valence-electron chi connectivity index (χ3n) is 5.53. The molecular weight excluding hydrogens is 362 g/mol. The van der Waals surface area contributed by atoms with Crippen molar-refractivity contribution in [2.24, 2.45) is 0 Å². The highest BCUT2D eigenvalue weighted by Crippen LogP contribution is 2.27. The molecule has 0 spiro atoms. The average Bonchev–Trinajstić information content (AvgIpc) is 2.73. The summed E-state index contributed by atoms with van der Waals surface area (Å²) in [6.45, 7) is 8.77. The molecule has 1 aromatic heterocycles. The lowest BCUT2D eigenvalue weighted by Crippen LogP contribution is -2.49. The van der Waals surface area contributed by atoms with Crippen molar-refractivity contribution in [2.75, 3.05) is 44.2 Å². The van der Waals surface area contributed by atoms with Crippen LogP contribution in [0.5, 0.6) is 5.75 Å². The third kappa shape index (κ3) is 4.69. The van der Waals surface area contributed by atoms with Crippen LogP contribution in [0.3, 0.4) is 0 Å². The highest BCUT2D eigenvalue weighted by molar-refractivity contribution is 5.92. The zero-order chi connectivity index (χ0) is 20.2. The van der Waals surface area contributed by atoms with Crippen molar-refractivity contribution in [3.8, 4) is 5.75 Å². The summed E-state index contributed by atoms with van der Waals surface area (Å²) in [6.07, 6.45) is -0.495. The van der Waals surface area contributed by atoms with E-state index in [1.165, 1.54) is 11.1 Å². The minimum Gasteiger partial charge on any atom is -0.491 e. The van der Waals surface area contributed by atoms with Crippen molar-refractivity contribution in [1.82, 2.24) is 9.88 Å². The summed E-state index contributed by atoms with van der Waals surface area (Å²) in [6, 6.07) is 18.4. The fourth-order valence-corrected chi connectivity index (χ4v) is 3.97. The molecule has 5 heteroatoms. The van der Waals surface area contributed by atoms with Crippen molar-refractivity contribution in [3.63, 3.8) is 0 Å². The number of aryl methyl sites for hydroxylation is 2. The lowest BCUT2D eigenvalue weighted by atomic mass is 10.1. The lowest BCUT2D eigenvalue weighted by molar-refractivity contribution is 0.0661. The molecule has 2 aromatic carbocycles. The summed E-state index contributed by atoms with van der Waals surface area (Å²) in [7, 11) is 0. The van der Waals surface area contributed by atoms with Gasteiger partial charge in [0.1, 0.15) is 18.5 Å². The van der Waals surface area contributed by atoms with Crippen molar-refractivity contribution in [2.45, 2.75) is 20.0 Å². The van der Waals surface area contributed by atoms with E-state index in [1.54, 1.807) is 0 Å². The molecule has 29 heavy (non-hydrogen) atoms. The Morgan fingerprint density at radius 1 is 1.00 bits per heavy atom. The van der Waals surface area contributed by atoms with Crippen LogP contribution in [0.4, 0.5) is 5.69 Å². The second kappa shape index (κ2) is 8.80. The number of nitrogens with zero attached hydrogens (tertiary/aromatic N) is 3. The number of pyridine rings is 1. The third-order valence-corrected chi connectivity index (χ3v) is 5.53. The monoisotopic (exact) mass is 391 g/mol. The molecule has 0 aliphatic carbocycles. The van der Waals surface area contributed by atoms with Crippen LogP contribution in [0.25, 0.3) is 10.9 Å². The fourth-order valence-electron chi connectivity index (χ4n) is 3.97. The van der Waals surface area contributed by atoms with E-state index in [2.05, 4.69) is 46.0 Å². The molecule has 152 valence electrons. The van der Waals surface area contributed by atoms with Crippen molar-refractivity contribution >= 4 is 16.6 Å². The van der Waals surface area contributed by atoms with Gasteiger partial charge in [-0.3, -0.25) is 9.88 Å². The number of hydrogen-bond donors (Lipinski definition) is 1. The molecule has 4 rings (SSSR count). The number of rotatable bonds is 6. The number of fused-ring (bicyclic) bond motifs is 1. The van der Waals surface area contributed by atoms with E-state index in [0.717, 1.165) is 48.7 Å². The van der Waals surface area contributed by atoms with Crippen molar-refractivity contribution in [3.05, 3.63) is 65.9 Å². The van der Waals surface area contributed by atoms with E-state index >= 15 is 0 Å². The molecule has 1 aliphatic heterocycles. The SMILES string of the molecule is Cc1cc(N2CCN(CC(O)COc3ccccc3C)CC2)c2ccccc2n1. The number of benzene rings is 2. The number of hydrogen-bond acceptors (Lipinski definition) is 5. The molecule has 2 heterocycles. The summed E-state index contributed by atoms with van der Waals surface area (Å²) < 4.78 is 5.80. The number of ether oxygens (including phenoxy) is 1. The van der Waals surface area contributed by atoms with Crippen LogP contribution in [-0.4, -0.2) is 60.4 Å². The van der Waals surface area contributed by atoms with Gasteiger partial charge in [-0.05, 0) is 37.6 Å². The largest absolute Gasteiger partial charge is 0.491 e. The average molecular weight is 392 g/mol. The molecule has 1 atom stereocenters. The molecular formula is C24H29N3O2. The maximum Gasteiger partial charge on any atom is 0.122 e. The molecule has 1 fully saturated rings. The van der Waals surface area contributed by atoms with Gasteiger partial charge in [-0.25, -0.2) is 0 Å². The smallest absolute Gasteiger partial charge is 0.122 e. The van der Waals surface area contributed by atoms with Gasteiger partial charge in [0.2, 0.25) is 0 Å². The number of aromatic nitrogens is 1. The molecule has 1 unspecified atom stereocenters. The minimum atomic E-state index is -0.495. The molecule has 5 nitrogen and oxygen atoms in total. The van der Waals surface area contributed by atoms with E-state index in [4.69, 9.17) is 4.74 Å². The summed E-state index contributed by atoms with van der Waals surface area (Å²) in [5.41, 5.74) is 4.45. The van der Waals surface area contributed by atoms with Crippen LogP contribution in [0.1, 0.15) is 11.3 Å². The topological polar surface area (TPSA) is 48.8 Å². The van der Waals surface area contributed by atoms with Crippen LogP contribution >= 0.6 is 0 Å². The lowest BCUT2D eigenvalue weighted by Gasteiger charge is -2.37. The highest BCUT2D eigenvalue weighted by atomic mass is 16.5. The Hall–Kier alpha value is -2.63. The number of anilines is 1. The quantitative estimate of drug-likeness (QED) is 0.698. The number of para-hydroxylation sites is 2. The van der Waals surface area contributed by atoms with E-state index in [-0.39, 0.29) is 0 Å². The number of aliphatic hydroxyl groups is 1. The molecule has 1 N–H and O–H groups in total. The summed E-state index contributed by atoms with van der Waals surface area (Å²) in [5, 5.41) is 11.6. The summed E-state index contributed by atoms with van der Waals surface area (Å²) in [4.78, 5) is 9.41. The van der Waals surface area contributed by atoms with Crippen LogP contribution in [-0.2, 0) is 0 Å². The second-order valence-electron chi connectivity index (χ2n) is 7.82. The van der Waals surface area contributed by atoms with E-state index < -0.39 is 6.10 Å². The molecule has 0 bridgehead atoms. The van der Waals surface area contributed by atoms with Crippen molar-refractivity contribution in [1.29, 1.82) is 0 Å². The van der Waals surface area contributed by atoms with Crippen LogP contribution < -0.4 is 9.64 Å². The zero-order valence-electron chi connectivity index (χ0n) is 17.2. The number of piperazine rings is 1. The Morgan fingerprint density at radius 3 is 2.52 bits per heavy atom. The van der Waals surface area contributed by atoms with Gasteiger partial charge in [0.15, 0.2) is 0 Å². The van der Waals surface area contributed by atoms with Gasteiger partial charge in [0.25, 0.3) is 0 Å². The van der Waals surface area contributed by atoms with Gasteiger partial charge in [0, 0.05) is 49.5 Å². The van der Waals surface area contributed by atoms with Crippen LogP contribution in [0.2, 0.25) is 0 Å². The van der Waals surface area contributed by atoms with Gasteiger partial charge in [-0.15, -0.1) is 0 Å². The van der Waals surface area contributed by atoms with Gasteiger partial charge in [0.05, 0.1) is 5.52 Å². The van der Waals surface area contributed by atoms with E-state index in [9.17, 15) is 5.11 Å². The standard InChI is InChI=1S/C24H29N3O2/c1-18-7-3-6-10-24(18)29-17-20(28)16-26-11-13-27(14-12-26)23-15-19(2)25-22-9-5-4-8-21(22)23/h3-10,15,20,28H,11-14,16-17H2,1-2H3. The first kappa shape index (κ1) is 19.7. The predicted molar refractivity (Wildman–Crippen MR) is 118 cm³/mol. The van der Waals surface area contributed by atoms with E-state index in [1.807, 2.05) is 37.3 Å². The van der Waals surface area contributed by atoms with Gasteiger partial charge in [-0.1, -0.05) is 36.4 Å². The zero-order valence-corrected chi connectivity index (χ0v) is 17.2. The molecule has 1 saturated heterocycles. The number of β-amino-alcohol motifs (C(OH)–C–C–N with tert-alkyl or cyclic N) is 1. The summed E-state index contributed by atoms with van der Waals surface area (Å²) >= 11 is 0. The Kier molecular flexibility index (Phi) is 5.97. The first-order valence-corrected chi connectivity index (χ1v) is 10.3.